The molecule has 3 aliphatic rings. The molecular weight excluding hydrogens is 457 g/mol. The van der Waals surface area contributed by atoms with E-state index >= 15 is 0 Å². The highest BCUT2D eigenvalue weighted by Gasteiger charge is 2.61. The van der Waals surface area contributed by atoms with Crippen molar-refractivity contribution in [1.82, 2.24) is 0 Å². The van der Waals surface area contributed by atoms with E-state index in [2.05, 4.69) is 12.2 Å². The summed E-state index contributed by atoms with van der Waals surface area (Å²) in [6.07, 6.45) is 2.18. The van der Waals surface area contributed by atoms with Crippen LogP contribution in [-0.2, 0) is 14.6 Å². The Bertz CT molecular complexity index is 1240. The van der Waals surface area contributed by atoms with Crippen LogP contribution in [0.2, 0.25) is 0 Å². The molecule has 5 atom stereocenters. The maximum absolute atomic E-state index is 13.7. The molecule has 2 saturated carbocycles. The number of nitrogen functional groups attached to an aromatic ring is 1. The van der Waals surface area contributed by atoms with Crippen molar-refractivity contribution in [2.75, 3.05) is 17.7 Å². The molecule has 0 aromatic heterocycles. The van der Waals surface area contributed by atoms with Crippen LogP contribution in [0.5, 0.6) is 0 Å². The van der Waals surface area contributed by atoms with Crippen molar-refractivity contribution in [3.63, 3.8) is 0 Å². The van der Waals surface area contributed by atoms with Gasteiger partial charge in [-0.15, -0.1) is 0 Å². The summed E-state index contributed by atoms with van der Waals surface area (Å²) in [5, 5.41) is 1.65. The zero-order valence-corrected chi connectivity index (χ0v) is 18.6. The highest BCUT2D eigenvalue weighted by molar-refractivity contribution is 7.92. The average molecular weight is 481 g/mol. The number of benzene rings is 2. The first kappa shape index (κ1) is 22.2. The fourth-order valence-corrected chi connectivity index (χ4v) is 8.21. The van der Waals surface area contributed by atoms with E-state index in [0.717, 1.165) is 6.42 Å². The number of carbonyl (C=O) groups excluding carboxylic acids is 1. The number of carbonyl (C=O) groups is 1. The van der Waals surface area contributed by atoms with Crippen LogP contribution in [0, 0.1) is 35.2 Å². The number of rotatable bonds is 4. The highest BCUT2D eigenvalue weighted by Crippen LogP contribution is 2.58. The molecule has 1 spiro atoms. The monoisotopic (exact) mass is 480 g/mol. The lowest BCUT2D eigenvalue weighted by Gasteiger charge is -2.34. The summed E-state index contributed by atoms with van der Waals surface area (Å²) >= 11 is 0. The standard InChI is InChI=1S/C23H23F3N2O4S/c1-11-4-13-8-23(10-32-23)9-15(11)21(13)33(30,31)19-5-12(2-3-18(19)27)22(29)28-14-6-16(24)20(26)17(25)7-14/h2-3,5-7,11,13,15,21H,4,8-10,27H2,1H3,(H,28,29)/t11-,13-,15?,21?,23+/m0/s1. The van der Waals surface area contributed by atoms with Crippen LogP contribution in [0.1, 0.15) is 36.5 Å². The number of nitrogens with one attached hydrogen (secondary N) is 1. The van der Waals surface area contributed by atoms with Crippen molar-refractivity contribution in [1.29, 1.82) is 0 Å². The summed E-state index contributed by atoms with van der Waals surface area (Å²) in [6.45, 7) is 2.73. The smallest absolute Gasteiger partial charge is 0.255 e. The number of nitrogens with two attached hydrogens (primary N) is 1. The quantitative estimate of drug-likeness (QED) is 0.393. The molecule has 1 heterocycles. The predicted molar refractivity (Wildman–Crippen MR) is 115 cm³/mol. The number of ether oxygens (including phenoxy) is 1. The van der Waals surface area contributed by atoms with E-state index in [1.165, 1.54) is 18.2 Å². The summed E-state index contributed by atoms with van der Waals surface area (Å²) in [5.74, 6) is -5.23. The molecule has 2 aromatic carbocycles. The maximum Gasteiger partial charge on any atom is 0.255 e. The van der Waals surface area contributed by atoms with Gasteiger partial charge in [-0.2, -0.15) is 0 Å². The second kappa shape index (κ2) is 7.46. The molecule has 10 heteroatoms. The Kier molecular flexibility index (Phi) is 5.02. The first-order valence-electron chi connectivity index (χ1n) is 10.7. The summed E-state index contributed by atoms with van der Waals surface area (Å²) in [7, 11) is -3.86. The van der Waals surface area contributed by atoms with Crippen molar-refractivity contribution in [3.8, 4) is 0 Å². The fraction of sp³-hybridized carbons (Fsp3) is 0.435. The number of epoxide rings is 1. The van der Waals surface area contributed by atoms with Gasteiger partial charge in [-0.05, 0) is 55.2 Å². The Morgan fingerprint density at radius 1 is 1.15 bits per heavy atom. The van der Waals surface area contributed by atoms with Crippen molar-refractivity contribution in [3.05, 3.63) is 53.3 Å². The second-order valence-electron chi connectivity index (χ2n) is 9.49. The average Bonchev–Trinajstić information content (AvgIpc) is 3.44. The van der Waals surface area contributed by atoms with Gasteiger partial charge in [0.25, 0.3) is 5.91 Å². The van der Waals surface area contributed by atoms with E-state index < -0.39 is 38.4 Å². The van der Waals surface area contributed by atoms with E-state index in [-0.39, 0.29) is 45.2 Å². The van der Waals surface area contributed by atoms with Crippen LogP contribution in [-0.4, -0.2) is 31.8 Å². The van der Waals surface area contributed by atoms with Crippen molar-refractivity contribution < 1.29 is 31.1 Å². The Morgan fingerprint density at radius 2 is 1.82 bits per heavy atom. The molecule has 2 unspecified atom stereocenters. The van der Waals surface area contributed by atoms with Gasteiger partial charge in [-0.1, -0.05) is 6.92 Å². The van der Waals surface area contributed by atoms with Crippen LogP contribution >= 0.6 is 0 Å². The van der Waals surface area contributed by atoms with Gasteiger partial charge in [0.1, 0.15) is 0 Å². The minimum atomic E-state index is -3.86. The SMILES string of the molecule is C[C@H]1C[C@H]2C[C@]3(CO3)CC1C2S(=O)(=O)c1cc(C(=O)Nc2cc(F)c(F)c(F)c2)ccc1N. The summed E-state index contributed by atoms with van der Waals surface area (Å²) in [6, 6.07) is 5.13. The Balaban J connectivity index is 1.44. The largest absolute Gasteiger partial charge is 0.398 e. The highest BCUT2D eigenvalue weighted by atomic mass is 32.2. The fourth-order valence-electron chi connectivity index (χ4n) is 5.69. The Labute approximate surface area is 189 Å². The number of hydrogen-bond donors (Lipinski definition) is 2. The zero-order chi connectivity index (χ0) is 23.7. The summed E-state index contributed by atoms with van der Waals surface area (Å²) in [5.41, 5.74) is 5.52. The molecule has 2 aliphatic carbocycles. The first-order chi connectivity index (χ1) is 15.5. The van der Waals surface area contributed by atoms with Crippen LogP contribution in [0.3, 0.4) is 0 Å². The third-order valence-corrected chi connectivity index (χ3v) is 9.69. The molecular formula is C23H23F3N2O4S. The van der Waals surface area contributed by atoms with Crippen molar-refractivity contribution in [2.24, 2.45) is 17.8 Å². The molecule has 3 N–H and O–H groups in total. The summed E-state index contributed by atoms with van der Waals surface area (Å²) < 4.78 is 73.2. The van der Waals surface area contributed by atoms with Gasteiger partial charge < -0.3 is 15.8 Å². The molecule has 6 nitrogen and oxygen atoms in total. The van der Waals surface area contributed by atoms with Crippen molar-refractivity contribution in [2.45, 2.75) is 41.9 Å². The molecule has 33 heavy (non-hydrogen) atoms. The minimum absolute atomic E-state index is 0.0282. The summed E-state index contributed by atoms with van der Waals surface area (Å²) in [4.78, 5) is 12.5. The van der Waals surface area contributed by atoms with E-state index in [1.807, 2.05) is 0 Å². The van der Waals surface area contributed by atoms with Gasteiger partial charge in [-0.3, -0.25) is 4.79 Å². The number of sulfone groups is 1. The number of amides is 1. The second-order valence-corrected chi connectivity index (χ2v) is 11.6. The normalized spacial score (nSPS) is 30.4. The van der Waals surface area contributed by atoms with Crippen LogP contribution in [0.15, 0.2) is 35.2 Å². The lowest BCUT2D eigenvalue weighted by molar-refractivity contribution is 0.102. The minimum Gasteiger partial charge on any atom is -0.398 e. The van der Waals surface area contributed by atoms with E-state index in [4.69, 9.17) is 10.5 Å². The number of anilines is 2. The van der Waals surface area contributed by atoms with Gasteiger partial charge in [0.15, 0.2) is 27.3 Å². The van der Waals surface area contributed by atoms with E-state index in [1.54, 1.807) is 0 Å². The Morgan fingerprint density at radius 3 is 2.42 bits per heavy atom. The molecule has 1 aliphatic heterocycles. The predicted octanol–water partition coefficient (Wildman–Crippen LogP) is 3.92. The maximum atomic E-state index is 13.7. The third-order valence-electron chi connectivity index (χ3n) is 7.27. The third kappa shape index (κ3) is 3.69. The molecule has 2 aromatic rings. The molecule has 2 bridgehead atoms. The lowest BCUT2D eigenvalue weighted by Crippen LogP contribution is -2.41. The molecule has 1 saturated heterocycles. The van der Waals surface area contributed by atoms with Gasteiger partial charge in [-0.25, -0.2) is 21.6 Å². The van der Waals surface area contributed by atoms with Gasteiger partial charge in [0, 0.05) is 23.4 Å². The molecule has 176 valence electrons. The van der Waals surface area contributed by atoms with Crippen LogP contribution in [0.25, 0.3) is 0 Å². The van der Waals surface area contributed by atoms with Crippen molar-refractivity contribution >= 4 is 27.1 Å². The topological polar surface area (TPSA) is 102 Å². The number of hydrogen-bond acceptors (Lipinski definition) is 5. The lowest BCUT2D eigenvalue weighted by atomic mass is 9.79. The molecule has 5 rings (SSSR count). The van der Waals surface area contributed by atoms with E-state index in [0.29, 0.717) is 31.6 Å². The van der Waals surface area contributed by atoms with Gasteiger partial charge >= 0.3 is 0 Å². The van der Waals surface area contributed by atoms with Crippen LogP contribution < -0.4 is 11.1 Å². The number of halogens is 3. The zero-order valence-electron chi connectivity index (χ0n) is 17.8. The first-order valence-corrected chi connectivity index (χ1v) is 12.3. The number of fused-ring (bicyclic) bond motifs is 2. The molecule has 1 amide bonds. The molecule has 0 radical (unpaired) electrons. The Hall–Kier alpha value is -2.59. The van der Waals surface area contributed by atoms with Crippen LogP contribution in [0.4, 0.5) is 24.5 Å². The van der Waals surface area contributed by atoms with Gasteiger partial charge in [0.05, 0.1) is 28.0 Å². The van der Waals surface area contributed by atoms with E-state index in [9.17, 15) is 26.4 Å². The van der Waals surface area contributed by atoms with Gasteiger partial charge in [0.2, 0.25) is 0 Å². The molecule has 3 fully saturated rings.